The number of carbonyl (C=O) groups is 1. The van der Waals surface area contributed by atoms with Crippen LogP contribution in [-0.4, -0.2) is 63.1 Å². The third kappa shape index (κ3) is 3.44. The molecule has 0 bridgehead atoms. The molecule has 0 aromatic heterocycles. The van der Waals surface area contributed by atoms with E-state index in [4.69, 9.17) is 0 Å². The largest absolute Gasteiger partial charge is 0.333 e. The van der Waals surface area contributed by atoms with Crippen molar-refractivity contribution in [2.75, 3.05) is 32.9 Å². The average Bonchev–Trinajstić information content (AvgIpc) is 2.37. The summed E-state index contributed by atoms with van der Waals surface area (Å²) in [5, 5.41) is 0. The van der Waals surface area contributed by atoms with Crippen molar-refractivity contribution in [3.05, 3.63) is 29.3 Å². The molecule has 0 spiro atoms. The number of likely N-dealkylation sites (N-methyl/N-ethyl adjacent to an activating group) is 1. The molecule has 1 saturated heterocycles. The Bertz CT molecular complexity index is 655. The predicted molar refractivity (Wildman–Crippen MR) is 82.3 cm³/mol. The van der Waals surface area contributed by atoms with E-state index in [1.807, 2.05) is 25.8 Å². The maximum absolute atomic E-state index is 12.7. The molecule has 1 aromatic carbocycles. The second-order valence-electron chi connectivity index (χ2n) is 5.86. The van der Waals surface area contributed by atoms with E-state index in [-0.39, 0.29) is 16.8 Å². The van der Waals surface area contributed by atoms with E-state index < -0.39 is 9.84 Å². The van der Waals surface area contributed by atoms with Crippen LogP contribution < -0.4 is 0 Å². The molecule has 1 amide bonds. The molecule has 1 atom stereocenters. The fraction of sp³-hybridized carbons (Fsp3) is 0.533. The van der Waals surface area contributed by atoms with Crippen molar-refractivity contribution in [2.24, 2.45) is 0 Å². The monoisotopic (exact) mass is 310 g/mol. The lowest BCUT2D eigenvalue weighted by Gasteiger charge is -2.38. The van der Waals surface area contributed by atoms with Crippen molar-refractivity contribution in [3.8, 4) is 0 Å². The van der Waals surface area contributed by atoms with Crippen molar-refractivity contribution < 1.29 is 13.2 Å². The minimum absolute atomic E-state index is 0.0846. The second-order valence-corrected chi connectivity index (χ2v) is 7.87. The molecule has 116 valence electrons. The third-order valence-electron chi connectivity index (χ3n) is 3.96. The number of amides is 1. The normalized spacial score (nSPS) is 20.6. The number of benzene rings is 1. The van der Waals surface area contributed by atoms with E-state index in [0.29, 0.717) is 12.1 Å². The van der Waals surface area contributed by atoms with Crippen molar-refractivity contribution in [1.82, 2.24) is 9.80 Å². The Labute approximate surface area is 126 Å². The maximum atomic E-state index is 12.7. The first-order chi connectivity index (χ1) is 9.70. The molecule has 1 heterocycles. The average molecular weight is 310 g/mol. The van der Waals surface area contributed by atoms with Gasteiger partial charge in [0, 0.05) is 37.5 Å². The summed E-state index contributed by atoms with van der Waals surface area (Å²) in [4.78, 5) is 16.9. The first-order valence-corrected chi connectivity index (χ1v) is 8.89. The van der Waals surface area contributed by atoms with Gasteiger partial charge in [0.15, 0.2) is 9.84 Å². The number of rotatable bonds is 2. The highest BCUT2D eigenvalue weighted by Gasteiger charge is 2.27. The van der Waals surface area contributed by atoms with Gasteiger partial charge in [-0.25, -0.2) is 8.42 Å². The Morgan fingerprint density at radius 3 is 2.52 bits per heavy atom. The zero-order valence-electron chi connectivity index (χ0n) is 13.0. The van der Waals surface area contributed by atoms with E-state index in [1.165, 1.54) is 6.07 Å². The highest BCUT2D eigenvalue weighted by Crippen LogP contribution is 2.20. The molecule has 0 radical (unpaired) electrons. The van der Waals surface area contributed by atoms with Gasteiger partial charge >= 0.3 is 0 Å². The minimum Gasteiger partial charge on any atom is -0.333 e. The van der Waals surface area contributed by atoms with Gasteiger partial charge in [0.1, 0.15) is 0 Å². The number of aryl methyl sites for hydroxylation is 1. The lowest BCUT2D eigenvalue weighted by molar-refractivity contribution is 0.0532. The highest BCUT2D eigenvalue weighted by molar-refractivity contribution is 7.90. The van der Waals surface area contributed by atoms with Gasteiger partial charge < -0.3 is 9.80 Å². The smallest absolute Gasteiger partial charge is 0.254 e. The SMILES string of the molecule is Cc1ccc(S(C)(=O)=O)cc1C(=O)N1CCN(C)C[C@@H]1C. The number of carbonyl (C=O) groups excluding carboxylic acids is 1. The lowest BCUT2D eigenvalue weighted by Crippen LogP contribution is -2.52. The first-order valence-electron chi connectivity index (χ1n) is 7.00. The van der Waals surface area contributed by atoms with Gasteiger partial charge in [0.2, 0.25) is 0 Å². The van der Waals surface area contributed by atoms with Crippen molar-refractivity contribution in [1.29, 1.82) is 0 Å². The molecule has 1 fully saturated rings. The van der Waals surface area contributed by atoms with Crippen LogP contribution in [0.4, 0.5) is 0 Å². The number of nitrogens with zero attached hydrogens (tertiary/aromatic N) is 2. The highest BCUT2D eigenvalue weighted by atomic mass is 32.2. The lowest BCUT2D eigenvalue weighted by atomic mass is 10.1. The molecule has 0 aliphatic carbocycles. The van der Waals surface area contributed by atoms with Crippen LogP contribution in [0.3, 0.4) is 0 Å². The molecule has 0 saturated carbocycles. The van der Waals surface area contributed by atoms with Crippen LogP contribution in [0.1, 0.15) is 22.8 Å². The Kier molecular flexibility index (Phi) is 4.39. The van der Waals surface area contributed by atoms with Crippen molar-refractivity contribution in [3.63, 3.8) is 0 Å². The molecule has 1 aromatic rings. The Morgan fingerprint density at radius 2 is 1.95 bits per heavy atom. The summed E-state index contributed by atoms with van der Waals surface area (Å²) < 4.78 is 23.3. The van der Waals surface area contributed by atoms with E-state index in [0.717, 1.165) is 24.9 Å². The van der Waals surface area contributed by atoms with E-state index >= 15 is 0 Å². The fourth-order valence-electron chi connectivity index (χ4n) is 2.66. The predicted octanol–water partition coefficient (Wildman–Crippen LogP) is 1.17. The van der Waals surface area contributed by atoms with E-state index in [9.17, 15) is 13.2 Å². The van der Waals surface area contributed by atoms with Crippen LogP contribution >= 0.6 is 0 Å². The molecule has 6 heteroatoms. The number of piperazine rings is 1. The second kappa shape index (κ2) is 5.77. The maximum Gasteiger partial charge on any atom is 0.254 e. The van der Waals surface area contributed by atoms with Gasteiger partial charge in [-0.2, -0.15) is 0 Å². The summed E-state index contributed by atoms with van der Waals surface area (Å²) >= 11 is 0. The standard InChI is InChI=1S/C15H22N2O3S/c1-11-5-6-13(21(4,19)20)9-14(11)15(18)17-8-7-16(3)10-12(17)2/h5-6,9,12H,7-8,10H2,1-4H3/t12-/m0/s1. The van der Waals surface area contributed by atoms with E-state index in [2.05, 4.69) is 4.90 Å². The summed E-state index contributed by atoms with van der Waals surface area (Å²) in [6.07, 6.45) is 1.16. The fourth-order valence-corrected chi connectivity index (χ4v) is 3.31. The molecule has 21 heavy (non-hydrogen) atoms. The minimum atomic E-state index is -3.31. The molecule has 1 aliphatic rings. The van der Waals surface area contributed by atoms with Gasteiger partial charge in [-0.15, -0.1) is 0 Å². The van der Waals surface area contributed by atoms with Crippen LogP contribution in [-0.2, 0) is 9.84 Å². The summed E-state index contributed by atoms with van der Waals surface area (Å²) in [6, 6.07) is 4.87. The Morgan fingerprint density at radius 1 is 1.29 bits per heavy atom. The molecule has 0 N–H and O–H groups in total. The Balaban J connectivity index is 2.35. The topological polar surface area (TPSA) is 57.7 Å². The summed E-state index contributed by atoms with van der Waals surface area (Å²) in [6.45, 7) is 6.18. The van der Waals surface area contributed by atoms with Crippen molar-refractivity contribution >= 4 is 15.7 Å². The van der Waals surface area contributed by atoms with Gasteiger partial charge in [-0.1, -0.05) is 6.07 Å². The van der Waals surface area contributed by atoms with Gasteiger partial charge in [0.05, 0.1) is 4.90 Å². The van der Waals surface area contributed by atoms with Crippen LogP contribution in [0, 0.1) is 6.92 Å². The number of sulfone groups is 1. The zero-order valence-corrected chi connectivity index (χ0v) is 13.8. The zero-order chi connectivity index (χ0) is 15.8. The quantitative estimate of drug-likeness (QED) is 0.823. The summed E-state index contributed by atoms with van der Waals surface area (Å²) in [5.41, 5.74) is 1.29. The van der Waals surface area contributed by atoms with Crippen molar-refractivity contribution in [2.45, 2.75) is 24.8 Å². The molecular formula is C15H22N2O3S. The third-order valence-corrected chi connectivity index (χ3v) is 5.07. The van der Waals surface area contributed by atoms with Gasteiger partial charge in [-0.3, -0.25) is 4.79 Å². The first kappa shape index (κ1) is 16.0. The van der Waals surface area contributed by atoms with Crippen LogP contribution in [0.25, 0.3) is 0 Å². The molecule has 2 rings (SSSR count). The summed E-state index contributed by atoms with van der Waals surface area (Å²) in [5.74, 6) is -0.0846. The molecule has 0 unspecified atom stereocenters. The van der Waals surface area contributed by atoms with Gasteiger partial charge in [-0.05, 0) is 38.6 Å². The Hall–Kier alpha value is -1.40. The van der Waals surface area contributed by atoms with Crippen LogP contribution in [0.2, 0.25) is 0 Å². The van der Waals surface area contributed by atoms with Gasteiger partial charge in [0.25, 0.3) is 5.91 Å². The summed E-state index contributed by atoms with van der Waals surface area (Å²) in [7, 11) is -1.27. The number of hydrogen-bond donors (Lipinski definition) is 0. The molecular weight excluding hydrogens is 288 g/mol. The van der Waals surface area contributed by atoms with Crippen LogP contribution in [0.15, 0.2) is 23.1 Å². The van der Waals surface area contributed by atoms with E-state index in [1.54, 1.807) is 12.1 Å². The molecule has 1 aliphatic heterocycles. The van der Waals surface area contributed by atoms with Crippen LogP contribution in [0.5, 0.6) is 0 Å². The number of hydrogen-bond acceptors (Lipinski definition) is 4. The molecule has 5 nitrogen and oxygen atoms in total.